The average Bonchev–Trinajstić information content (AvgIpc) is 2.60. The van der Waals surface area contributed by atoms with Gasteiger partial charge in [0.1, 0.15) is 0 Å². The molecule has 0 aliphatic carbocycles. The summed E-state index contributed by atoms with van der Waals surface area (Å²) in [6, 6.07) is 0. The molecule has 1 saturated heterocycles. The second-order valence-electron chi connectivity index (χ2n) is 4.54. The maximum atomic E-state index is 11.5. The van der Waals surface area contributed by atoms with E-state index in [1.807, 2.05) is 19.1 Å². The van der Waals surface area contributed by atoms with Crippen molar-refractivity contribution < 1.29 is 19.1 Å². The third-order valence-corrected chi connectivity index (χ3v) is 2.50. The van der Waals surface area contributed by atoms with Gasteiger partial charge in [0.05, 0.1) is 13.7 Å². The van der Waals surface area contributed by atoms with Gasteiger partial charge in [0, 0.05) is 26.0 Å². The molecule has 0 radical (unpaired) electrons. The summed E-state index contributed by atoms with van der Waals surface area (Å²) in [6.45, 7) is 9.83. The van der Waals surface area contributed by atoms with Crippen LogP contribution in [-0.4, -0.2) is 30.5 Å². The third kappa shape index (κ3) is 4.44. The minimum Gasteiger partial charge on any atom is -0.445 e. The topological polar surface area (TPSA) is 48.0 Å². The summed E-state index contributed by atoms with van der Waals surface area (Å²) in [6.07, 6.45) is 5.98. The van der Waals surface area contributed by atoms with E-state index in [1.54, 1.807) is 32.1 Å². The fourth-order valence-corrected chi connectivity index (χ4v) is 1.57. The minimum absolute atomic E-state index is 0.216. The van der Waals surface area contributed by atoms with E-state index < -0.39 is 11.8 Å². The van der Waals surface area contributed by atoms with Crippen LogP contribution in [0.25, 0.3) is 0 Å². The zero-order chi connectivity index (χ0) is 14.5. The number of carbonyl (C=O) groups excluding carboxylic acids is 1. The summed E-state index contributed by atoms with van der Waals surface area (Å²) >= 11 is 0. The highest BCUT2D eigenvalue weighted by Crippen LogP contribution is 2.27. The first kappa shape index (κ1) is 15.3. The number of rotatable bonds is 6. The molecule has 0 atom stereocenters. The van der Waals surface area contributed by atoms with Crippen LogP contribution in [-0.2, 0) is 19.1 Å². The van der Waals surface area contributed by atoms with E-state index in [9.17, 15) is 4.79 Å². The predicted molar refractivity (Wildman–Crippen MR) is 71.6 cm³/mol. The number of nitrogens with zero attached hydrogens (tertiary/aromatic N) is 1. The molecular weight excluding hydrogens is 246 g/mol. The molecule has 0 saturated carbocycles. The van der Waals surface area contributed by atoms with Crippen LogP contribution in [0.4, 0.5) is 0 Å². The van der Waals surface area contributed by atoms with E-state index in [0.717, 1.165) is 5.70 Å². The summed E-state index contributed by atoms with van der Waals surface area (Å²) < 4.78 is 10.4. The molecule has 0 aromatic heterocycles. The van der Waals surface area contributed by atoms with Crippen molar-refractivity contribution in [3.05, 3.63) is 36.3 Å². The number of cyclic esters (lactones) is 1. The number of hydrogen-bond acceptors (Lipinski definition) is 5. The molecule has 5 nitrogen and oxygen atoms in total. The summed E-state index contributed by atoms with van der Waals surface area (Å²) in [5.74, 6) is -1.13. The fourth-order valence-electron chi connectivity index (χ4n) is 1.57. The minimum atomic E-state index is -0.893. The van der Waals surface area contributed by atoms with Crippen molar-refractivity contribution in [2.24, 2.45) is 0 Å². The molecule has 0 spiro atoms. The molecule has 1 aliphatic heterocycles. The molecule has 1 heterocycles. The molecule has 0 aromatic rings. The van der Waals surface area contributed by atoms with E-state index in [0.29, 0.717) is 13.0 Å². The molecule has 0 unspecified atom stereocenters. The van der Waals surface area contributed by atoms with E-state index in [4.69, 9.17) is 14.3 Å². The zero-order valence-corrected chi connectivity index (χ0v) is 11.9. The van der Waals surface area contributed by atoms with Gasteiger partial charge in [-0.25, -0.2) is 4.79 Å². The number of carbonyl (C=O) groups is 1. The van der Waals surface area contributed by atoms with Crippen molar-refractivity contribution in [2.45, 2.75) is 33.0 Å². The Bertz CT molecular complexity index is 410. The Hall–Kier alpha value is -1.75. The Balaban J connectivity index is 2.60. The van der Waals surface area contributed by atoms with Gasteiger partial charge in [-0.1, -0.05) is 18.7 Å². The summed E-state index contributed by atoms with van der Waals surface area (Å²) in [4.78, 5) is 16.7. The average molecular weight is 267 g/mol. The van der Waals surface area contributed by atoms with Crippen molar-refractivity contribution in [2.75, 3.05) is 13.7 Å². The van der Waals surface area contributed by atoms with Crippen LogP contribution in [0.1, 0.15) is 27.2 Å². The van der Waals surface area contributed by atoms with Crippen LogP contribution >= 0.6 is 0 Å². The first-order valence-electron chi connectivity index (χ1n) is 6.12. The Morgan fingerprint density at radius 3 is 2.63 bits per heavy atom. The third-order valence-electron chi connectivity index (χ3n) is 2.50. The number of allylic oxidation sites excluding steroid dienone is 2. The lowest BCUT2D eigenvalue weighted by atomic mass is 10.3. The van der Waals surface area contributed by atoms with Crippen molar-refractivity contribution in [3.8, 4) is 0 Å². The van der Waals surface area contributed by atoms with Gasteiger partial charge in [0.25, 0.3) is 0 Å². The lowest BCUT2D eigenvalue weighted by molar-refractivity contribution is -0.159. The van der Waals surface area contributed by atoms with E-state index >= 15 is 0 Å². The summed E-state index contributed by atoms with van der Waals surface area (Å²) in [5.41, 5.74) is 0.731. The number of hydrogen-bond donors (Lipinski definition) is 0. The van der Waals surface area contributed by atoms with Gasteiger partial charge < -0.3 is 9.47 Å². The summed E-state index contributed by atoms with van der Waals surface area (Å²) in [5, 5.41) is 1.64. The van der Waals surface area contributed by atoms with Gasteiger partial charge in [-0.3, -0.25) is 9.90 Å². The van der Waals surface area contributed by atoms with Crippen molar-refractivity contribution >= 4 is 5.97 Å². The van der Waals surface area contributed by atoms with Crippen LogP contribution in [0, 0.1) is 0 Å². The highest BCUT2D eigenvalue weighted by molar-refractivity contribution is 5.88. The Morgan fingerprint density at radius 2 is 2.16 bits per heavy atom. The van der Waals surface area contributed by atoms with E-state index in [1.165, 1.54) is 0 Å². The standard InChI is InChI=1S/C14H21NO4/c1-6-7-10-15(17-5)11(2)8-9-12-13(16)19-14(3,4)18-12/h6-7,9H,2,8,10H2,1,3-5H3/b7-6+,12-9-. The van der Waals surface area contributed by atoms with Crippen LogP contribution < -0.4 is 0 Å². The first-order chi connectivity index (χ1) is 8.89. The lowest BCUT2D eigenvalue weighted by Crippen LogP contribution is -2.21. The monoisotopic (exact) mass is 267 g/mol. The van der Waals surface area contributed by atoms with Crippen LogP contribution in [0.5, 0.6) is 0 Å². The predicted octanol–water partition coefficient (Wildman–Crippen LogP) is 2.52. The fraction of sp³-hybridized carbons (Fsp3) is 0.500. The largest absolute Gasteiger partial charge is 0.445 e. The summed E-state index contributed by atoms with van der Waals surface area (Å²) in [7, 11) is 1.57. The molecule has 0 aromatic carbocycles. The molecule has 106 valence electrons. The normalized spacial score (nSPS) is 19.6. The van der Waals surface area contributed by atoms with Gasteiger partial charge in [-0.2, -0.15) is 0 Å². The van der Waals surface area contributed by atoms with Crippen molar-refractivity contribution in [1.82, 2.24) is 5.06 Å². The van der Waals surface area contributed by atoms with Crippen molar-refractivity contribution in [3.63, 3.8) is 0 Å². The molecule has 1 fully saturated rings. The molecule has 1 rings (SSSR count). The first-order valence-corrected chi connectivity index (χ1v) is 6.12. The molecule has 0 bridgehead atoms. The SMILES string of the molecule is C=C(C/C=C1\OC(C)(C)OC1=O)N(C/C=C/C)OC. The Morgan fingerprint density at radius 1 is 1.47 bits per heavy atom. The highest BCUT2D eigenvalue weighted by Gasteiger charge is 2.37. The molecule has 5 heteroatoms. The van der Waals surface area contributed by atoms with E-state index in [2.05, 4.69) is 6.58 Å². The Kier molecular flexibility index (Phi) is 5.18. The smallest absolute Gasteiger partial charge is 0.376 e. The second kappa shape index (κ2) is 6.43. The lowest BCUT2D eigenvalue weighted by Gasteiger charge is -2.21. The number of hydroxylamine groups is 2. The van der Waals surface area contributed by atoms with Crippen LogP contribution in [0.3, 0.4) is 0 Å². The number of ether oxygens (including phenoxy) is 2. The van der Waals surface area contributed by atoms with Crippen LogP contribution in [0.15, 0.2) is 36.3 Å². The van der Waals surface area contributed by atoms with Gasteiger partial charge in [0.2, 0.25) is 11.5 Å². The van der Waals surface area contributed by atoms with E-state index in [-0.39, 0.29) is 5.76 Å². The van der Waals surface area contributed by atoms with Crippen LogP contribution in [0.2, 0.25) is 0 Å². The Labute approximate surface area is 114 Å². The molecule has 1 aliphatic rings. The molecule has 0 amide bonds. The number of esters is 1. The molecule has 19 heavy (non-hydrogen) atoms. The molecular formula is C14H21NO4. The molecule has 0 N–H and O–H groups in total. The van der Waals surface area contributed by atoms with Gasteiger partial charge in [-0.15, -0.1) is 0 Å². The van der Waals surface area contributed by atoms with Gasteiger partial charge in [-0.05, 0) is 13.0 Å². The second-order valence-corrected chi connectivity index (χ2v) is 4.54. The van der Waals surface area contributed by atoms with Gasteiger partial charge in [0.15, 0.2) is 0 Å². The highest BCUT2D eigenvalue weighted by atomic mass is 16.8. The maximum Gasteiger partial charge on any atom is 0.376 e. The van der Waals surface area contributed by atoms with Crippen molar-refractivity contribution in [1.29, 1.82) is 0 Å². The maximum absolute atomic E-state index is 11.5. The quantitative estimate of drug-likeness (QED) is 0.320. The van der Waals surface area contributed by atoms with Gasteiger partial charge >= 0.3 is 5.97 Å². The zero-order valence-electron chi connectivity index (χ0n) is 11.9.